The molecule has 0 atom stereocenters. The van der Waals surface area contributed by atoms with Crippen molar-refractivity contribution in [2.75, 3.05) is 14.1 Å². The van der Waals surface area contributed by atoms with Crippen LogP contribution >= 0.6 is 0 Å². The zero-order valence-corrected chi connectivity index (χ0v) is 13.4. The van der Waals surface area contributed by atoms with Crippen LogP contribution < -0.4 is 5.32 Å². The largest absolute Gasteiger partial charge is 0.316 e. The molecule has 0 radical (unpaired) electrons. The van der Waals surface area contributed by atoms with Crippen molar-refractivity contribution in [3.8, 4) is 0 Å². The average Bonchev–Trinajstić information content (AvgIpc) is 2.49. The predicted molar refractivity (Wildman–Crippen MR) is 81.0 cm³/mol. The smallest absolute Gasteiger partial charge is 0.245 e. The molecule has 0 heterocycles. The lowest BCUT2D eigenvalue weighted by Crippen LogP contribution is -2.38. The molecule has 0 bridgehead atoms. The molecular weight excluding hydrogens is 291 g/mol. The Morgan fingerprint density at radius 1 is 1.29 bits per heavy atom. The van der Waals surface area contributed by atoms with Crippen molar-refractivity contribution in [3.05, 3.63) is 29.6 Å². The van der Waals surface area contributed by atoms with Crippen LogP contribution in [-0.4, -0.2) is 32.9 Å². The summed E-state index contributed by atoms with van der Waals surface area (Å²) in [6.07, 6.45) is 4.93. The van der Waals surface area contributed by atoms with Gasteiger partial charge in [0.05, 0.1) is 0 Å². The van der Waals surface area contributed by atoms with Gasteiger partial charge in [-0.3, -0.25) is 0 Å². The van der Waals surface area contributed by atoms with Crippen LogP contribution in [0.3, 0.4) is 0 Å². The molecule has 21 heavy (non-hydrogen) atoms. The van der Waals surface area contributed by atoms with Crippen LogP contribution in [0.4, 0.5) is 4.39 Å². The summed E-state index contributed by atoms with van der Waals surface area (Å²) in [5.74, 6) is -0.683. The van der Waals surface area contributed by atoms with Gasteiger partial charge in [0.1, 0.15) is 10.7 Å². The van der Waals surface area contributed by atoms with E-state index in [2.05, 4.69) is 5.32 Å². The van der Waals surface area contributed by atoms with E-state index < -0.39 is 15.8 Å². The Kier molecular flexibility index (Phi) is 5.35. The molecule has 0 amide bonds. The second-order valence-corrected chi connectivity index (χ2v) is 7.57. The highest BCUT2D eigenvalue weighted by Crippen LogP contribution is 2.28. The van der Waals surface area contributed by atoms with Gasteiger partial charge in [-0.15, -0.1) is 0 Å². The second kappa shape index (κ2) is 6.85. The maximum atomic E-state index is 14.0. The third-order valence-corrected chi connectivity index (χ3v) is 6.05. The standard InChI is InChI=1S/C15H23FN2O2S/c1-17-11-12-8-9-14(16)15(10-12)21(19,20)18(2)13-6-4-3-5-7-13/h8-10,13,17H,3-7,11H2,1-2H3. The molecule has 118 valence electrons. The Morgan fingerprint density at radius 2 is 1.95 bits per heavy atom. The second-order valence-electron chi connectivity index (χ2n) is 5.61. The van der Waals surface area contributed by atoms with Crippen LogP contribution in [0.2, 0.25) is 0 Å². The molecule has 0 aromatic heterocycles. The number of benzene rings is 1. The van der Waals surface area contributed by atoms with Crippen molar-refractivity contribution >= 4 is 10.0 Å². The van der Waals surface area contributed by atoms with Gasteiger partial charge in [0.15, 0.2) is 0 Å². The SMILES string of the molecule is CNCc1ccc(F)c(S(=O)(=O)N(C)C2CCCCC2)c1. The Bertz CT molecular complexity index is 583. The van der Waals surface area contributed by atoms with Gasteiger partial charge in [0.2, 0.25) is 10.0 Å². The van der Waals surface area contributed by atoms with Crippen molar-refractivity contribution in [2.45, 2.75) is 49.6 Å². The molecule has 6 heteroatoms. The molecule has 1 N–H and O–H groups in total. The van der Waals surface area contributed by atoms with Crippen LogP contribution in [0, 0.1) is 5.82 Å². The lowest BCUT2D eigenvalue weighted by atomic mass is 9.96. The zero-order chi connectivity index (χ0) is 15.5. The van der Waals surface area contributed by atoms with E-state index in [0.29, 0.717) is 6.54 Å². The third kappa shape index (κ3) is 3.62. The first-order valence-corrected chi connectivity index (χ1v) is 8.82. The highest BCUT2D eigenvalue weighted by atomic mass is 32.2. The first-order valence-electron chi connectivity index (χ1n) is 7.38. The summed E-state index contributed by atoms with van der Waals surface area (Å²) >= 11 is 0. The Hall–Kier alpha value is -0.980. The monoisotopic (exact) mass is 314 g/mol. The van der Waals surface area contributed by atoms with Crippen LogP contribution in [0.25, 0.3) is 0 Å². The molecule has 1 aromatic rings. The molecular formula is C15H23FN2O2S. The highest BCUT2D eigenvalue weighted by molar-refractivity contribution is 7.89. The maximum Gasteiger partial charge on any atom is 0.245 e. The molecule has 1 fully saturated rings. The molecule has 1 aromatic carbocycles. The predicted octanol–water partition coefficient (Wildman–Crippen LogP) is 2.50. The summed E-state index contributed by atoms with van der Waals surface area (Å²) in [5, 5.41) is 2.94. The molecule has 1 saturated carbocycles. The Balaban J connectivity index is 2.31. The minimum absolute atomic E-state index is 0.0175. The number of nitrogens with zero attached hydrogens (tertiary/aromatic N) is 1. The van der Waals surface area contributed by atoms with Crippen LogP contribution in [0.15, 0.2) is 23.1 Å². The van der Waals surface area contributed by atoms with Crippen molar-refractivity contribution in [2.24, 2.45) is 0 Å². The van der Waals surface area contributed by atoms with Gasteiger partial charge < -0.3 is 5.32 Å². The number of hydrogen-bond acceptors (Lipinski definition) is 3. The number of hydrogen-bond donors (Lipinski definition) is 1. The fraction of sp³-hybridized carbons (Fsp3) is 0.600. The quantitative estimate of drug-likeness (QED) is 0.908. The summed E-state index contributed by atoms with van der Waals surface area (Å²) in [6.45, 7) is 0.510. The number of nitrogens with one attached hydrogen (secondary N) is 1. The Morgan fingerprint density at radius 3 is 2.57 bits per heavy atom. The minimum atomic E-state index is -3.78. The van der Waals surface area contributed by atoms with E-state index in [-0.39, 0.29) is 10.9 Å². The number of halogens is 1. The molecule has 1 aliphatic rings. The van der Waals surface area contributed by atoms with Crippen molar-refractivity contribution < 1.29 is 12.8 Å². The lowest BCUT2D eigenvalue weighted by molar-refractivity contribution is 0.285. The van der Waals surface area contributed by atoms with E-state index in [1.165, 1.54) is 16.4 Å². The van der Waals surface area contributed by atoms with E-state index in [4.69, 9.17) is 0 Å². The summed E-state index contributed by atoms with van der Waals surface area (Å²) in [4.78, 5) is -0.219. The molecule has 0 spiro atoms. The molecule has 0 aliphatic heterocycles. The van der Waals surface area contributed by atoms with Gasteiger partial charge in [-0.25, -0.2) is 12.8 Å². The number of rotatable bonds is 5. The summed E-state index contributed by atoms with van der Waals surface area (Å²) < 4.78 is 40.7. The molecule has 0 unspecified atom stereocenters. The number of sulfonamides is 1. The van der Waals surface area contributed by atoms with Crippen molar-refractivity contribution in [3.63, 3.8) is 0 Å². The molecule has 1 aliphatic carbocycles. The fourth-order valence-corrected chi connectivity index (χ4v) is 4.38. The van der Waals surface area contributed by atoms with Crippen molar-refractivity contribution in [1.29, 1.82) is 0 Å². The van der Waals surface area contributed by atoms with Crippen molar-refractivity contribution in [1.82, 2.24) is 9.62 Å². The van der Waals surface area contributed by atoms with Gasteiger partial charge >= 0.3 is 0 Å². The van der Waals surface area contributed by atoms with E-state index in [9.17, 15) is 12.8 Å². The van der Waals surface area contributed by atoms with E-state index >= 15 is 0 Å². The topological polar surface area (TPSA) is 49.4 Å². The summed E-state index contributed by atoms with van der Waals surface area (Å²) in [5.41, 5.74) is 0.759. The van der Waals surface area contributed by atoms with E-state index in [1.807, 2.05) is 0 Å². The summed E-state index contributed by atoms with van der Waals surface area (Å²) in [7, 11) is -0.445. The normalized spacial score (nSPS) is 17.3. The minimum Gasteiger partial charge on any atom is -0.316 e. The average molecular weight is 314 g/mol. The molecule has 0 saturated heterocycles. The lowest BCUT2D eigenvalue weighted by Gasteiger charge is -2.30. The van der Waals surface area contributed by atoms with Gasteiger partial charge in [-0.1, -0.05) is 25.3 Å². The third-order valence-electron chi connectivity index (χ3n) is 4.12. The summed E-state index contributed by atoms with van der Waals surface area (Å²) in [6, 6.07) is 4.25. The maximum absolute atomic E-state index is 14.0. The van der Waals surface area contributed by atoms with Gasteiger partial charge in [-0.05, 0) is 37.6 Å². The van der Waals surface area contributed by atoms with Gasteiger partial charge in [0, 0.05) is 19.6 Å². The van der Waals surface area contributed by atoms with Gasteiger partial charge in [0.25, 0.3) is 0 Å². The zero-order valence-electron chi connectivity index (χ0n) is 12.6. The van der Waals surface area contributed by atoms with E-state index in [1.54, 1.807) is 20.2 Å². The van der Waals surface area contributed by atoms with Gasteiger partial charge in [-0.2, -0.15) is 4.31 Å². The first kappa shape index (κ1) is 16.4. The van der Waals surface area contributed by atoms with Crippen LogP contribution in [-0.2, 0) is 16.6 Å². The Labute approximate surface area is 126 Å². The van der Waals surface area contributed by atoms with Crippen LogP contribution in [0.5, 0.6) is 0 Å². The molecule has 2 rings (SSSR count). The first-order chi connectivity index (χ1) is 9.96. The molecule has 4 nitrogen and oxygen atoms in total. The highest BCUT2D eigenvalue weighted by Gasteiger charge is 2.31. The van der Waals surface area contributed by atoms with E-state index in [0.717, 1.165) is 37.7 Å². The fourth-order valence-electron chi connectivity index (χ4n) is 2.86. The van der Waals surface area contributed by atoms with Crippen LogP contribution in [0.1, 0.15) is 37.7 Å².